The first-order valence-electron chi connectivity index (χ1n) is 5.30. The molecule has 0 radical (unpaired) electrons. The van der Waals surface area contributed by atoms with Gasteiger partial charge in [0.25, 0.3) is 0 Å². The van der Waals surface area contributed by atoms with Gasteiger partial charge in [0.1, 0.15) is 5.75 Å². The lowest BCUT2D eigenvalue weighted by atomic mass is 10.1. The summed E-state index contributed by atoms with van der Waals surface area (Å²) in [7, 11) is 0. The van der Waals surface area contributed by atoms with E-state index in [9.17, 15) is 0 Å². The SMILES string of the molecule is CCOc1ccc(-c2ccc(N)s2)cc1C. The smallest absolute Gasteiger partial charge is 0.122 e. The van der Waals surface area contributed by atoms with Crippen molar-refractivity contribution in [1.82, 2.24) is 0 Å². The summed E-state index contributed by atoms with van der Waals surface area (Å²) < 4.78 is 5.51. The maximum Gasteiger partial charge on any atom is 0.122 e. The van der Waals surface area contributed by atoms with Crippen molar-refractivity contribution in [2.24, 2.45) is 0 Å². The molecule has 1 heterocycles. The zero-order valence-corrected chi connectivity index (χ0v) is 10.3. The topological polar surface area (TPSA) is 35.2 Å². The molecule has 0 saturated carbocycles. The summed E-state index contributed by atoms with van der Waals surface area (Å²) in [6.07, 6.45) is 0. The molecule has 0 spiro atoms. The minimum atomic E-state index is 0.701. The van der Waals surface area contributed by atoms with Gasteiger partial charge in [-0.1, -0.05) is 0 Å². The van der Waals surface area contributed by atoms with E-state index < -0.39 is 0 Å². The van der Waals surface area contributed by atoms with E-state index in [1.165, 1.54) is 10.4 Å². The fraction of sp³-hybridized carbons (Fsp3) is 0.231. The second-order valence-corrected chi connectivity index (χ2v) is 4.73. The van der Waals surface area contributed by atoms with E-state index in [0.717, 1.165) is 16.3 Å². The van der Waals surface area contributed by atoms with Crippen molar-refractivity contribution in [3.63, 3.8) is 0 Å². The molecule has 2 rings (SSSR count). The van der Waals surface area contributed by atoms with Gasteiger partial charge in [-0.25, -0.2) is 0 Å². The Labute approximate surface area is 99.7 Å². The molecule has 0 aliphatic heterocycles. The number of aryl methyl sites for hydroxylation is 1. The van der Waals surface area contributed by atoms with Gasteiger partial charge in [-0.05, 0) is 55.3 Å². The van der Waals surface area contributed by atoms with E-state index in [1.54, 1.807) is 11.3 Å². The molecule has 0 atom stereocenters. The van der Waals surface area contributed by atoms with E-state index in [0.29, 0.717) is 6.61 Å². The van der Waals surface area contributed by atoms with Crippen LogP contribution >= 0.6 is 11.3 Å². The quantitative estimate of drug-likeness (QED) is 0.877. The van der Waals surface area contributed by atoms with E-state index >= 15 is 0 Å². The first-order valence-corrected chi connectivity index (χ1v) is 6.11. The molecule has 16 heavy (non-hydrogen) atoms. The highest BCUT2D eigenvalue weighted by Crippen LogP contribution is 2.32. The highest BCUT2D eigenvalue weighted by Gasteiger charge is 2.04. The molecule has 1 aromatic carbocycles. The van der Waals surface area contributed by atoms with Crippen LogP contribution in [0.1, 0.15) is 12.5 Å². The van der Waals surface area contributed by atoms with Crippen molar-refractivity contribution in [2.45, 2.75) is 13.8 Å². The number of benzene rings is 1. The predicted octanol–water partition coefficient (Wildman–Crippen LogP) is 3.70. The summed E-state index contributed by atoms with van der Waals surface area (Å²) in [5, 5.41) is 0.849. The number of nitrogen functional groups attached to an aromatic ring is 1. The summed E-state index contributed by atoms with van der Waals surface area (Å²) in [5.74, 6) is 0.954. The lowest BCUT2D eigenvalue weighted by molar-refractivity contribution is 0.338. The van der Waals surface area contributed by atoms with Gasteiger partial charge >= 0.3 is 0 Å². The lowest BCUT2D eigenvalue weighted by Crippen LogP contribution is -1.93. The number of nitrogens with two attached hydrogens (primary N) is 1. The molecule has 0 unspecified atom stereocenters. The Morgan fingerprint density at radius 2 is 2.06 bits per heavy atom. The summed E-state index contributed by atoms with van der Waals surface area (Å²) >= 11 is 1.61. The average molecular weight is 233 g/mol. The summed E-state index contributed by atoms with van der Waals surface area (Å²) in [5.41, 5.74) is 8.08. The summed E-state index contributed by atoms with van der Waals surface area (Å²) in [4.78, 5) is 1.20. The Hall–Kier alpha value is -1.48. The van der Waals surface area contributed by atoms with Crippen LogP contribution < -0.4 is 10.5 Å². The van der Waals surface area contributed by atoms with Gasteiger partial charge in [-0.15, -0.1) is 11.3 Å². The second kappa shape index (κ2) is 4.58. The molecule has 2 aromatic rings. The Balaban J connectivity index is 2.34. The standard InChI is InChI=1S/C13H15NOS/c1-3-15-11-5-4-10(8-9(11)2)12-6-7-13(14)16-12/h4-8H,3,14H2,1-2H3. The Bertz CT molecular complexity index is 490. The first kappa shape index (κ1) is 11.0. The van der Waals surface area contributed by atoms with E-state index in [4.69, 9.17) is 10.5 Å². The average Bonchev–Trinajstić information content (AvgIpc) is 2.68. The van der Waals surface area contributed by atoms with Crippen molar-refractivity contribution < 1.29 is 4.74 Å². The van der Waals surface area contributed by atoms with Gasteiger partial charge in [0, 0.05) is 4.88 Å². The molecule has 2 N–H and O–H groups in total. The molecule has 84 valence electrons. The van der Waals surface area contributed by atoms with E-state index in [1.807, 2.05) is 19.1 Å². The Morgan fingerprint density at radius 1 is 1.25 bits per heavy atom. The predicted molar refractivity (Wildman–Crippen MR) is 70.1 cm³/mol. The number of hydrogen-bond donors (Lipinski definition) is 1. The van der Waals surface area contributed by atoms with Crippen molar-refractivity contribution in [3.05, 3.63) is 35.9 Å². The zero-order valence-electron chi connectivity index (χ0n) is 9.49. The normalized spacial score (nSPS) is 10.4. The Morgan fingerprint density at radius 3 is 2.62 bits per heavy atom. The van der Waals surface area contributed by atoms with Crippen LogP contribution in [0.2, 0.25) is 0 Å². The fourth-order valence-electron chi connectivity index (χ4n) is 1.63. The molecule has 3 heteroatoms. The zero-order chi connectivity index (χ0) is 11.5. The number of thiophene rings is 1. The summed E-state index contributed by atoms with van der Waals surface area (Å²) in [6, 6.07) is 10.2. The van der Waals surface area contributed by atoms with Crippen LogP contribution in [0.3, 0.4) is 0 Å². The van der Waals surface area contributed by atoms with Crippen LogP contribution in [0.25, 0.3) is 10.4 Å². The van der Waals surface area contributed by atoms with Crippen LogP contribution in [-0.4, -0.2) is 6.61 Å². The van der Waals surface area contributed by atoms with Crippen LogP contribution in [-0.2, 0) is 0 Å². The largest absolute Gasteiger partial charge is 0.494 e. The fourth-order valence-corrected chi connectivity index (χ4v) is 2.40. The van der Waals surface area contributed by atoms with Crippen LogP contribution in [0.15, 0.2) is 30.3 Å². The summed E-state index contributed by atoms with van der Waals surface area (Å²) in [6.45, 7) is 4.75. The van der Waals surface area contributed by atoms with Gasteiger partial charge in [0.2, 0.25) is 0 Å². The molecule has 2 nitrogen and oxygen atoms in total. The molecule has 0 bridgehead atoms. The van der Waals surface area contributed by atoms with Crippen molar-refractivity contribution >= 4 is 16.3 Å². The number of rotatable bonds is 3. The molecule has 0 aliphatic rings. The molecule has 0 saturated heterocycles. The van der Waals surface area contributed by atoms with Gasteiger partial charge in [0.05, 0.1) is 11.6 Å². The number of hydrogen-bond acceptors (Lipinski definition) is 3. The molecule has 0 fully saturated rings. The van der Waals surface area contributed by atoms with Crippen molar-refractivity contribution in [1.29, 1.82) is 0 Å². The van der Waals surface area contributed by atoms with E-state index in [-0.39, 0.29) is 0 Å². The maximum atomic E-state index is 5.73. The maximum absolute atomic E-state index is 5.73. The number of ether oxygens (including phenoxy) is 1. The van der Waals surface area contributed by atoms with Crippen molar-refractivity contribution in [2.75, 3.05) is 12.3 Å². The highest BCUT2D eigenvalue weighted by atomic mass is 32.1. The third kappa shape index (κ3) is 2.19. The third-order valence-corrected chi connectivity index (χ3v) is 3.35. The highest BCUT2D eigenvalue weighted by molar-refractivity contribution is 7.19. The van der Waals surface area contributed by atoms with Gasteiger partial charge < -0.3 is 10.5 Å². The Kier molecular flexibility index (Phi) is 3.15. The van der Waals surface area contributed by atoms with Crippen LogP contribution in [0.5, 0.6) is 5.75 Å². The van der Waals surface area contributed by atoms with Crippen LogP contribution in [0, 0.1) is 6.92 Å². The molecule has 0 amide bonds. The molecular formula is C13H15NOS. The third-order valence-electron chi connectivity index (χ3n) is 2.39. The van der Waals surface area contributed by atoms with Gasteiger partial charge in [0.15, 0.2) is 0 Å². The number of anilines is 1. The molecule has 0 aliphatic carbocycles. The second-order valence-electron chi connectivity index (χ2n) is 3.62. The first-order chi connectivity index (χ1) is 7.70. The van der Waals surface area contributed by atoms with Crippen LogP contribution in [0.4, 0.5) is 5.00 Å². The lowest BCUT2D eigenvalue weighted by Gasteiger charge is -2.08. The molecular weight excluding hydrogens is 218 g/mol. The van der Waals surface area contributed by atoms with Gasteiger partial charge in [-0.3, -0.25) is 0 Å². The minimum absolute atomic E-state index is 0.701. The molecule has 1 aromatic heterocycles. The van der Waals surface area contributed by atoms with E-state index in [2.05, 4.69) is 25.1 Å². The van der Waals surface area contributed by atoms with Gasteiger partial charge in [-0.2, -0.15) is 0 Å². The van der Waals surface area contributed by atoms with Crippen molar-refractivity contribution in [3.8, 4) is 16.2 Å². The monoisotopic (exact) mass is 233 g/mol. The minimum Gasteiger partial charge on any atom is -0.494 e.